The van der Waals surface area contributed by atoms with Gasteiger partial charge in [0.05, 0.1) is 18.1 Å². The molecule has 0 N–H and O–H groups in total. The van der Waals surface area contributed by atoms with E-state index in [4.69, 9.17) is 0 Å². The van der Waals surface area contributed by atoms with Gasteiger partial charge >= 0.3 is 0 Å². The average molecular weight is 268 g/mol. The van der Waals surface area contributed by atoms with Gasteiger partial charge in [-0.3, -0.25) is 4.79 Å². The summed E-state index contributed by atoms with van der Waals surface area (Å²) in [5.41, 5.74) is 1.14. The molecule has 0 aliphatic carbocycles. The van der Waals surface area contributed by atoms with Crippen LogP contribution < -0.4 is 0 Å². The normalized spacial score (nSPS) is 10.4. The summed E-state index contributed by atoms with van der Waals surface area (Å²) in [5, 5.41) is 7.65. The molecule has 3 aromatic rings. The molecule has 0 saturated heterocycles. The molecule has 0 atom stereocenters. The van der Waals surface area contributed by atoms with Gasteiger partial charge < -0.3 is 0 Å². The number of nitrogens with zero attached hydrogens (tertiary/aromatic N) is 4. The van der Waals surface area contributed by atoms with Gasteiger partial charge in [-0.25, -0.2) is 14.1 Å². The number of ketones is 1. The first-order valence-corrected chi connectivity index (χ1v) is 5.88. The Morgan fingerprint density at radius 2 is 1.85 bits per heavy atom. The predicted molar refractivity (Wildman–Crippen MR) is 69.0 cm³/mol. The number of para-hydroxylation sites is 1. The number of benzene rings is 1. The van der Waals surface area contributed by atoms with Gasteiger partial charge in [-0.1, -0.05) is 23.4 Å². The Morgan fingerprint density at radius 3 is 2.55 bits per heavy atom. The molecular weight excluding hydrogens is 259 g/mol. The van der Waals surface area contributed by atoms with E-state index in [1.165, 1.54) is 23.0 Å². The molecule has 2 heterocycles. The fraction of sp³-hybridized carbons (Fsp3) is 0. The summed E-state index contributed by atoms with van der Waals surface area (Å²) in [4.78, 5) is 16.1. The van der Waals surface area contributed by atoms with Crippen molar-refractivity contribution in [3.63, 3.8) is 0 Å². The number of hydrogen-bond donors (Lipinski definition) is 0. The molecule has 3 rings (SSSR count). The van der Waals surface area contributed by atoms with Crippen molar-refractivity contribution < 1.29 is 9.18 Å². The highest BCUT2D eigenvalue weighted by molar-refractivity contribution is 6.06. The summed E-state index contributed by atoms with van der Waals surface area (Å²) < 4.78 is 14.3. The van der Waals surface area contributed by atoms with Crippen LogP contribution in [0.25, 0.3) is 5.69 Å². The summed E-state index contributed by atoms with van der Waals surface area (Å²) in [7, 11) is 0. The van der Waals surface area contributed by atoms with Crippen LogP contribution in [0, 0.1) is 5.82 Å². The molecule has 0 amide bonds. The third-order valence-electron chi connectivity index (χ3n) is 2.74. The van der Waals surface area contributed by atoms with Crippen molar-refractivity contribution in [2.75, 3.05) is 0 Å². The van der Waals surface area contributed by atoms with Crippen molar-refractivity contribution in [2.24, 2.45) is 0 Å². The maximum absolute atomic E-state index is 12.8. The molecule has 0 saturated carbocycles. The van der Waals surface area contributed by atoms with Crippen molar-refractivity contribution in [1.82, 2.24) is 20.0 Å². The highest BCUT2D eigenvalue weighted by Gasteiger charge is 2.17. The molecule has 2 aromatic heterocycles. The number of pyridine rings is 1. The van der Waals surface area contributed by atoms with E-state index in [-0.39, 0.29) is 17.2 Å². The molecule has 0 spiro atoms. The number of carbonyl (C=O) groups excluding carboxylic acids is 1. The molecule has 0 bridgehead atoms. The van der Waals surface area contributed by atoms with E-state index < -0.39 is 5.82 Å². The van der Waals surface area contributed by atoms with Gasteiger partial charge in [0.25, 0.3) is 0 Å². The van der Waals surface area contributed by atoms with Crippen molar-refractivity contribution in [1.29, 1.82) is 0 Å². The zero-order valence-corrected chi connectivity index (χ0v) is 10.3. The molecule has 5 nitrogen and oxygen atoms in total. The third-order valence-corrected chi connectivity index (χ3v) is 2.74. The minimum atomic E-state index is -0.490. The molecular formula is C14H9FN4O. The van der Waals surface area contributed by atoms with E-state index in [0.717, 1.165) is 11.9 Å². The lowest BCUT2D eigenvalue weighted by Gasteiger charge is -2.04. The number of hydrogen-bond acceptors (Lipinski definition) is 4. The fourth-order valence-electron chi connectivity index (χ4n) is 1.79. The highest BCUT2D eigenvalue weighted by Crippen LogP contribution is 2.12. The van der Waals surface area contributed by atoms with Gasteiger partial charge in [-0.05, 0) is 24.3 Å². The van der Waals surface area contributed by atoms with E-state index in [0.29, 0.717) is 0 Å². The van der Waals surface area contributed by atoms with E-state index in [1.807, 2.05) is 30.3 Å². The zero-order valence-electron chi connectivity index (χ0n) is 10.3. The van der Waals surface area contributed by atoms with Gasteiger partial charge in [0.2, 0.25) is 5.78 Å². The first-order valence-electron chi connectivity index (χ1n) is 5.88. The van der Waals surface area contributed by atoms with Crippen LogP contribution in [0.1, 0.15) is 16.2 Å². The Morgan fingerprint density at radius 1 is 1.05 bits per heavy atom. The minimum absolute atomic E-state index is 0.144. The topological polar surface area (TPSA) is 60.7 Å². The van der Waals surface area contributed by atoms with E-state index in [2.05, 4.69) is 15.3 Å². The van der Waals surface area contributed by atoms with Crippen LogP contribution in [0.5, 0.6) is 0 Å². The Bertz CT molecular complexity index is 737. The summed E-state index contributed by atoms with van der Waals surface area (Å²) in [5.74, 6) is -0.852. The number of carbonyl (C=O) groups is 1. The Labute approximate surface area is 113 Å². The number of halogens is 1. The van der Waals surface area contributed by atoms with Crippen LogP contribution >= 0.6 is 0 Å². The first-order chi connectivity index (χ1) is 9.75. The summed E-state index contributed by atoms with van der Waals surface area (Å²) >= 11 is 0. The van der Waals surface area contributed by atoms with Crippen LogP contribution in [0.3, 0.4) is 0 Å². The lowest BCUT2D eigenvalue weighted by atomic mass is 10.2. The first kappa shape index (κ1) is 12.2. The van der Waals surface area contributed by atoms with Gasteiger partial charge in [0.1, 0.15) is 17.2 Å². The standard InChI is InChI=1S/C14H9FN4O/c15-10-6-7-12(16-8-10)14(20)13-9-17-18-19(13)11-4-2-1-3-5-11/h1-9H. The van der Waals surface area contributed by atoms with E-state index in [9.17, 15) is 9.18 Å². The molecule has 1 aromatic carbocycles. The quantitative estimate of drug-likeness (QED) is 0.682. The van der Waals surface area contributed by atoms with Crippen LogP contribution in [0.15, 0.2) is 54.9 Å². The molecule has 6 heteroatoms. The number of rotatable bonds is 3. The van der Waals surface area contributed by atoms with Gasteiger partial charge in [0.15, 0.2) is 0 Å². The lowest BCUT2D eigenvalue weighted by molar-refractivity contribution is 0.102. The second-order valence-corrected chi connectivity index (χ2v) is 4.06. The van der Waals surface area contributed by atoms with Crippen LogP contribution in [-0.2, 0) is 0 Å². The molecule has 0 aliphatic heterocycles. The average Bonchev–Trinajstić information content (AvgIpc) is 2.97. The second-order valence-electron chi connectivity index (χ2n) is 4.06. The van der Waals surface area contributed by atoms with Crippen molar-refractivity contribution >= 4 is 5.78 Å². The summed E-state index contributed by atoms with van der Waals surface area (Å²) in [6, 6.07) is 11.7. The Balaban J connectivity index is 2.02. The maximum Gasteiger partial charge on any atom is 0.231 e. The Kier molecular flexibility index (Phi) is 3.04. The fourth-order valence-corrected chi connectivity index (χ4v) is 1.79. The summed E-state index contributed by atoms with van der Waals surface area (Å²) in [6.07, 6.45) is 2.37. The van der Waals surface area contributed by atoms with Gasteiger partial charge in [-0.15, -0.1) is 5.10 Å². The van der Waals surface area contributed by atoms with Crippen molar-refractivity contribution in [3.05, 3.63) is 72.1 Å². The maximum atomic E-state index is 12.8. The molecule has 0 aliphatic rings. The molecule has 20 heavy (non-hydrogen) atoms. The van der Waals surface area contributed by atoms with Crippen molar-refractivity contribution in [3.8, 4) is 5.69 Å². The SMILES string of the molecule is O=C(c1ccc(F)cn1)c1cnnn1-c1ccccc1. The minimum Gasteiger partial charge on any atom is -0.285 e. The van der Waals surface area contributed by atoms with Crippen LogP contribution in [-0.4, -0.2) is 25.8 Å². The smallest absolute Gasteiger partial charge is 0.231 e. The van der Waals surface area contributed by atoms with E-state index in [1.54, 1.807) is 0 Å². The van der Waals surface area contributed by atoms with E-state index >= 15 is 0 Å². The highest BCUT2D eigenvalue weighted by atomic mass is 19.1. The van der Waals surface area contributed by atoms with Gasteiger partial charge in [0, 0.05) is 0 Å². The molecule has 98 valence electrons. The summed E-state index contributed by atoms with van der Waals surface area (Å²) in [6.45, 7) is 0. The molecule has 0 unspecified atom stereocenters. The van der Waals surface area contributed by atoms with Gasteiger partial charge in [-0.2, -0.15) is 0 Å². The number of aromatic nitrogens is 4. The van der Waals surface area contributed by atoms with Crippen molar-refractivity contribution in [2.45, 2.75) is 0 Å². The second kappa shape index (κ2) is 5.00. The predicted octanol–water partition coefficient (Wildman–Crippen LogP) is 2.03. The van der Waals surface area contributed by atoms with Crippen LogP contribution in [0.4, 0.5) is 4.39 Å². The Hall–Kier alpha value is -2.89. The lowest BCUT2D eigenvalue weighted by Crippen LogP contribution is -2.11. The zero-order chi connectivity index (χ0) is 13.9. The van der Waals surface area contributed by atoms with Crippen LogP contribution in [0.2, 0.25) is 0 Å². The largest absolute Gasteiger partial charge is 0.285 e. The molecule has 0 fully saturated rings. The molecule has 0 radical (unpaired) electrons. The monoisotopic (exact) mass is 268 g/mol. The third kappa shape index (κ3) is 2.18.